The molecule has 0 saturated carbocycles. The van der Waals surface area contributed by atoms with E-state index < -0.39 is 31.3 Å². The summed E-state index contributed by atoms with van der Waals surface area (Å²) in [7, 11) is 3.05. The largest absolute Gasteiger partial charge is 0.279 e. The molecule has 2 aliphatic rings. The van der Waals surface area contributed by atoms with Crippen LogP contribution in [0.5, 0.6) is 0 Å². The Morgan fingerprint density at radius 3 is 1.20 bits per heavy atom. The highest BCUT2D eigenvalue weighted by Crippen LogP contribution is 2.69. The highest BCUT2D eigenvalue weighted by Gasteiger charge is 2.76. The highest BCUT2D eigenvalue weighted by molar-refractivity contribution is 9.10. The topological polar surface area (TPSA) is 88.2 Å². The van der Waals surface area contributed by atoms with E-state index in [1.807, 2.05) is 0 Å². The van der Waals surface area contributed by atoms with Gasteiger partial charge in [-0.3, -0.25) is 19.4 Å². The van der Waals surface area contributed by atoms with E-state index >= 15 is 0 Å². The molecule has 6 rings (SSSR count). The Balaban J connectivity index is 1.42. The number of nitrogens with zero attached hydrogens (tertiary/aromatic N) is 4. The van der Waals surface area contributed by atoms with Gasteiger partial charge in [0.1, 0.15) is 12.1 Å². The van der Waals surface area contributed by atoms with Crippen molar-refractivity contribution in [1.82, 2.24) is 0 Å². The monoisotopic (exact) mass is 726 g/mol. The summed E-state index contributed by atoms with van der Waals surface area (Å²) in [6.45, 7) is 0. The van der Waals surface area contributed by atoms with E-state index in [1.54, 1.807) is 109 Å². The van der Waals surface area contributed by atoms with Gasteiger partial charge in [-0.15, -0.1) is 0 Å². The summed E-state index contributed by atoms with van der Waals surface area (Å²) in [6.07, 6.45) is 0. The predicted molar refractivity (Wildman–Crippen MR) is 185 cm³/mol. The number of rotatable bonds is 8. The molecule has 2 amide bonds. The van der Waals surface area contributed by atoms with Gasteiger partial charge in [0, 0.05) is 21.4 Å². The van der Waals surface area contributed by atoms with E-state index in [0.717, 1.165) is 31.4 Å². The Morgan fingerprint density at radius 1 is 0.556 bits per heavy atom. The van der Waals surface area contributed by atoms with Crippen molar-refractivity contribution in [3.63, 3.8) is 0 Å². The number of benzene rings is 4. The maximum absolute atomic E-state index is 13.9. The lowest BCUT2D eigenvalue weighted by atomic mass is 9.79. The molecule has 45 heavy (non-hydrogen) atoms. The quantitative estimate of drug-likeness (QED) is 0.102. The number of halogens is 4. The molecule has 2 heterocycles. The molecule has 2 aliphatic heterocycles. The van der Waals surface area contributed by atoms with Crippen LogP contribution in [0, 0.1) is 22.7 Å². The van der Waals surface area contributed by atoms with Crippen molar-refractivity contribution in [2.75, 3.05) is 9.80 Å². The normalized spacial score (nSPS) is 27.2. The molecule has 4 aromatic carbocycles. The molecule has 2 saturated heterocycles. The van der Waals surface area contributed by atoms with Crippen molar-refractivity contribution in [1.29, 1.82) is 10.5 Å². The van der Waals surface area contributed by atoms with Gasteiger partial charge in [0.2, 0.25) is 9.74 Å². The van der Waals surface area contributed by atoms with Crippen LogP contribution in [0.1, 0.15) is 11.1 Å². The number of hydrogen-bond donors (Lipinski definition) is 0. The average molecular weight is 729 g/mol. The molecule has 13 heteroatoms. The highest BCUT2D eigenvalue weighted by atomic mass is 35.5. The molecule has 4 atom stereocenters. The SMILES string of the molecule is N#C[C@]1(SSS[C@@]2(C#N)N(c3ccc(Cl)cc3)C(=O)[C@]2(Cl)c2ccccc2)N(c2ccc(Cl)cc2)C(=O)[C@]1(Cl)c1ccccc1. The number of β-lactam (4-membered cyclic amide) rings is 2. The van der Waals surface area contributed by atoms with E-state index in [0.29, 0.717) is 32.5 Å². The van der Waals surface area contributed by atoms with Crippen molar-refractivity contribution in [2.24, 2.45) is 0 Å². The molecule has 2 fully saturated rings. The van der Waals surface area contributed by atoms with Crippen LogP contribution in [-0.4, -0.2) is 21.6 Å². The molecule has 0 aliphatic carbocycles. The zero-order valence-corrected chi connectivity index (χ0v) is 28.2. The number of nitriles is 2. The van der Waals surface area contributed by atoms with Crippen LogP contribution in [0.15, 0.2) is 109 Å². The van der Waals surface area contributed by atoms with Crippen LogP contribution in [0.4, 0.5) is 11.4 Å². The van der Waals surface area contributed by atoms with Crippen LogP contribution in [0.25, 0.3) is 0 Å². The zero-order chi connectivity index (χ0) is 32.0. The second-order valence-corrected chi connectivity index (χ2v) is 16.3. The lowest BCUT2D eigenvalue weighted by molar-refractivity contribution is -0.129. The van der Waals surface area contributed by atoms with Crippen LogP contribution in [0.2, 0.25) is 10.0 Å². The second-order valence-electron chi connectivity index (χ2n) is 10.0. The first-order valence-corrected chi connectivity index (χ1v) is 18.2. The molecule has 0 aromatic heterocycles. The first kappa shape index (κ1) is 32.0. The third-order valence-electron chi connectivity index (χ3n) is 7.68. The third-order valence-corrected chi connectivity index (χ3v) is 14.6. The van der Waals surface area contributed by atoms with Gasteiger partial charge in [-0.25, -0.2) is 0 Å². The van der Waals surface area contributed by atoms with E-state index in [1.165, 1.54) is 9.80 Å². The van der Waals surface area contributed by atoms with Crippen molar-refractivity contribution in [2.45, 2.75) is 19.5 Å². The average Bonchev–Trinajstić information content (AvgIpc) is 3.08. The molecule has 0 unspecified atom stereocenters. The second kappa shape index (κ2) is 12.0. The summed E-state index contributed by atoms with van der Waals surface area (Å²) < 4.78 is 0. The lowest BCUT2D eigenvalue weighted by Gasteiger charge is -2.58. The molecule has 0 N–H and O–H groups in total. The summed E-state index contributed by atoms with van der Waals surface area (Å²) in [5, 5.41) is 22.5. The number of anilines is 2. The van der Waals surface area contributed by atoms with E-state index in [2.05, 4.69) is 12.1 Å². The number of alkyl halides is 2. The van der Waals surface area contributed by atoms with Crippen molar-refractivity contribution >= 4 is 101 Å². The molecule has 0 spiro atoms. The van der Waals surface area contributed by atoms with Crippen LogP contribution in [-0.2, 0) is 19.3 Å². The van der Waals surface area contributed by atoms with Gasteiger partial charge in [-0.1, -0.05) is 107 Å². The molecular formula is C32H18Cl4N4O2S3. The number of carbonyl (C=O) groups is 2. The number of amides is 2. The van der Waals surface area contributed by atoms with Gasteiger partial charge in [-0.2, -0.15) is 10.5 Å². The fourth-order valence-electron chi connectivity index (χ4n) is 5.43. The Bertz CT molecular complexity index is 1740. The van der Waals surface area contributed by atoms with E-state index in [-0.39, 0.29) is 0 Å². The van der Waals surface area contributed by atoms with Crippen molar-refractivity contribution in [3.8, 4) is 12.1 Å². The van der Waals surface area contributed by atoms with Crippen LogP contribution < -0.4 is 9.80 Å². The van der Waals surface area contributed by atoms with Crippen molar-refractivity contribution in [3.05, 3.63) is 130 Å². The Labute approximate surface area is 291 Å². The van der Waals surface area contributed by atoms with Gasteiger partial charge in [0.25, 0.3) is 11.8 Å². The molecule has 0 radical (unpaired) electrons. The molecular weight excluding hydrogens is 710 g/mol. The smallest absolute Gasteiger partial charge is 0.259 e. The molecule has 0 bridgehead atoms. The third kappa shape index (κ3) is 4.56. The lowest BCUT2D eigenvalue weighted by Crippen LogP contribution is -2.77. The minimum absolute atomic E-state index is 0.420. The zero-order valence-electron chi connectivity index (χ0n) is 22.7. The van der Waals surface area contributed by atoms with Gasteiger partial charge in [0.05, 0.1) is 0 Å². The fraction of sp³-hybridized carbons (Fsp3) is 0.125. The minimum Gasteiger partial charge on any atom is -0.279 e. The minimum atomic E-state index is -1.77. The van der Waals surface area contributed by atoms with Gasteiger partial charge in [-0.05, 0) is 91.1 Å². The van der Waals surface area contributed by atoms with Crippen LogP contribution in [0.3, 0.4) is 0 Å². The number of carbonyl (C=O) groups excluding carboxylic acids is 2. The standard InChI is InChI=1S/C32H18Cl4N4O2S3/c33-23-11-15-25(16-12-23)39-27(41)31(35,21-7-3-1-4-8-21)29(39,19-37)43-45-44-30(20-38)32(36,22-9-5-2-6-10-22)28(42)40(30)26-17-13-24(34)14-18-26/h1-18H/t29-,30-,31-,32-/m1/s1. The maximum atomic E-state index is 13.9. The predicted octanol–water partition coefficient (Wildman–Crippen LogP) is 9.12. The fourth-order valence-corrected chi connectivity index (χ4v) is 12.5. The van der Waals surface area contributed by atoms with Gasteiger partial charge >= 0.3 is 0 Å². The van der Waals surface area contributed by atoms with Gasteiger partial charge in [0.15, 0.2) is 9.75 Å². The molecule has 6 nitrogen and oxygen atoms in total. The summed E-state index contributed by atoms with van der Waals surface area (Å²) in [5.41, 5.74) is 1.72. The molecule has 4 aromatic rings. The van der Waals surface area contributed by atoms with Gasteiger partial charge < -0.3 is 0 Å². The number of hydrogen-bond acceptors (Lipinski definition) is 7. The first-order chi connectivity index (χ1) is 21.6. The van der Waals surface area contributed by atoms with Crippen molar-refractivity contribution < 1.29 is 9.59 Å². The summed E-state index contributed by atoms with van der Waals surface area (Å²) in [5.74, 6) is -0.991. The maximum Gasteiger partial charge on any atom is 0.259 e. The Morgan fingerprint density at radius 2 is 0.889 bits per heavy atom. The molecule has 224 valence electrons. The van der Waals surface area contributed by atoms with E-state index in [9.17, 15) is 20.1 Å². The summed E-state index contributed by atoms with van der Waals surface area (Å²) >= 11 is 26.6. The summed E-state index contributed by atoms with van der Waals surface area (Å²) in [4.78, 5) is 23.5. The Kier molecular flexibility index (Phi) is 8.52. The summed E-state index contributed by atoms with van der Waals surface area (Å²) in [6, 6.07) is 34.9. The Hall–Kier alpha value is -2.99. The van der Waals surface area contributed by atoms with E-state index in [4.69, 9.17) is 46.4 Å². The first-order valence-electron chi connectivity index (χ1n) is 13.2. The van der Waals surface area contributed by atoms with Crippen LogP contribution >= 0.6 is 77.8 Å².